The number of nitrogens with zero attached hydrogens (tertiary/aromatic N) is 2. The van der Waals surface area contributed by atoms with E-state index in [1.165, 1.54) is 28.4 Å². The topological polar surface area (TPSA) is 84.2 Å². The van der Waals surface area contributed by atoms with E-state index in [1.54, 1.807) is 0 Å². The summed E-state index contributed by atoms with van der Waals surface area (Å²) in [5.41, 5.74) is 1.08. The lowest BCUT2D eigenvalue weighted by molar-refractivity contribution is 0.277. The van der Waals surface area contributed by atoms with Crippen LogP contribution in [-0.4, -0.2) is 29.9 Å². The molecule has 0 unspecified atom stereocenters. The van der Waals surface area contributed by atoms with E-state index in [-0.39, 0.29) is 18.0 Å². The summed E-state index contributed by atoms with van der Waals surface area (Å²) in [5.74, 6) is 0. The van der Waals surface area contributed by atoms with Gasteiger partial charge in [0.2, 0.25) is 10.0 Å². The molecule has 0 fully saturated rings. The summed E-state index contributed by atoms with van der Waals surface area (Å²) in [7, 11) is -3.55. The fraction of sp³-hybridized carbons (Fsp3) is 0.417. The van der Waals surface area contributed by atoms with Gasteiger partial charge in [-0.3, -0.25) is 4.68 Å². The highest BCUT2D eigenvalue weighted by atomic mass is 32.2. The second-order valence-corrected chi connectivity index (χ2v) is 7.14. The number of sulfonamides is 1. The van der Waals surface area contributed by atoms with Gasteiger partial charge in [-0.2, -0.15) is 5.10 Å². The minimum absolute atomic E-state index is 0.0534. The fourth-order valence-electron chi connectivity index (χ4n) is 1.67. The quantitative estimate of drug-likeness (QED) is 0.802. The standard InChI is InChI=1S/C12H17N3O3S2/c1-10-3-6-19-12(10)8-14-20(17,18)11-7-13-15(9-11)4-2-5-16/h3,6-7,9,14,16H,2,4-5,8H2,1H3. The molecule has 0 aliphatic heterocycles. The molecule has 2 N–H and O–H groups in total. The van der Waals surface area contributed by atoms with Crippen molar-refractivity contribution in [3.05, 3.63) is 34.3 Å². The Kier molecular flexibility index (Phi) is 4.92. The number of aromatic nitrogens is 2. The summed E-state index contributed by atoms with van der Waals surface area (Å²) in [6.45, 7) is 2.79. The van der Waals surface area contributed by atoms with Crippen molar-refractivity contribution in [2.75, 3.05) is 6.61 Å². The first-order valence-corrected chi connectivity index (χ1v) is 8.55. The van der Waals surface area contributed by atoms with Crippen molar-refractivity contribution in [3.63, 3.8) is 0 Å². The van der Waals surface area contributed by atoms with Crippen molar-refractivity contribution in [2.24, 2.45) is 0 Å². The summed E-state index contributed by atoms with van der Waals surface area (Å²) in [5, 5.41) is 14.6. The molecule has 0 radical (unpaired) electrons. The van der Waals surface area contributed by atoms with E-state index in [9.17, 15) is 8.42 Å². The monoisotopic (exact) mass is 315 g/mol. The Labute approximate surface area is 122 Å². The molecular weight excluding hydrogens is 298 g/mol. The summed E-state index contributed by atoms with van der Waals surface area (Å²) in [6, 6.07) is 1.96. The van der Waals surface area contributed by atoms with E-state index >= 15 is 0 Å². The number of nitrogens with one attached hydrogen (secondary N) is 1. The third kappa shape index (κ3) is 3.66. The van der Waals surface area contributed by atoms with Crippen LogP contribution >= 0.6 is 11.3 Å². The van der Waals surface area contributed by atoms with Crippen molar-refractivity contribution in [3.8, 4) is 0 Å². The van der Waals surface area contributed by atoms with Gasteiger partial charge in [0.05, 0.1) is 6.20 Å². The van der Waals surface area contributed by atoms with E-state index in [1.807, 2.05) is 18.4 Å². The fourth-order valence-corrected chi connectivity index (χ4v) is 3.55. The zero-order valence-corrected chi connectivity index (χ0v) is 12.7. The Balaban J connectivity index is 2.03. The number of hydrogen-bond donors (Lipinski definition) is 2. The molecule has 0 aromatic carbocycles. The predicted molar refractivity (Wildman–Crippen MR) is 77.0 cm³/mol. The highest BCUT2D eigenvalue weighted by molar-refractivity contribution is 7.89. The van der Waals surface area contributed by atoms with Crippen LogP contribution in [0.1, 0.15) is 16.9 Å². The summed E-state index contributed by atoms with van der Waals surface area (Å²) in [4.78, 5) is 1.14. The maximum Gasteiger partial charge on any atom is 0.244 e. The highest BCUT2D eigenvalue weighted by Gasteiger charge is 2.16. The van der Waals surface area contributed by atoms with E-state index < -0.39 is 10.0 Å². The van der Waals surface area contributed by atoms with Gasteiger partial charge in [0, 0.05) is 30.8 Å². The Morgan fingerprint density at radius 1 is 1.50 bits per heavy atom. The highest BCUT2D eigenvalue weighted by Crippen LogP contribution is 2.16. The predicted octanol–water partition coefficient (Wildman–Crippen LogP) is 1.11. The lowest BCUT2D eigenvalue weighted by atomic mass is 10.3. The molecule has 0 amide bonds. The molecule has 0 aliphatic carbocycles. The van der Waals surface area contributed by atoms with Crippen molar-refractivity contribution >= 4 is 21.4 Å². The normalized spacial score (nSPS) is 11.9. The molecule has 0 aliphatic rings. The number of thiophene rings is 1. The van der Waals surface area contributed by atoms with E-state index in [0.29, 0.717) is 13.0 Å². The van der Waals surface area contributed by atoms with Gasteiger partial charge in [-0.1, -0.05) is 0 Å². The average molecular weight is 315 g/mol. The first-order chi connectivity index (χ1) is 9.53. The van der Waals surface area contributed by atoms with Gasteiger partial charge in [0.1, 0.15) is 4.90 Å². The molecule has 0 spiro atoms. The Morgan fingerprint density at radius 3 is 2.95 bits per heavy atom. The first kappa shape index (κ1) is 15.2. The maximum absolute atomic E-state index is 12.1. The molecule has 8 heteroatoms. The van der Waals surface area contributed by atoms with Crippen molar-refractivity contribution in [1.29, 1.82) is 0 Å². The van der Waals surface area contributed by atoms with Gasteiger partial charge >= 0.3 is 0 Å². The van der Waals surface area contributed by atoms with Crippen LogP contribution in [0.5, 0.6) is 0 Å². The van der Waals surface area contributed by atoms with Crippen LogP contribution in [0, 0.1) is 6.92 Å². The van der Waals surface area contributed by atoms with Crippen LogP contribution in [0.3, 0.4) is 0 Å². The minimum atomic E-state index is -3.55. The van der Waals surface area contributed by atoms with Crippen molar-refractivity contribution in [1.82, 2.24) is 14.5 Å². The lowest BCUT2D eigenvalue weighted by Gasteiger charge is -2.04. The van der Waals surface area contributed by atoms with Crippen LogP contribution < -0.4 is 4.72 Å². The maximum atomic E-state index is 12.1. The van der Waals surface area contributed by atoms with Gasteiger partial charge < -0.3 is 5.11 Å². The minimum Gasteiger partial charge on any atom is -0.396 e. The molecule has 2 aromatic rings. The van der Waals surface area contributed by atoms with E-state index in [0.717, 1.165) is 10.4 Å². The zero-order valence-electron chi connectivity index (χ0n) is 11.1. The third-order valence-corrected chi connectivity index (χ3v) is 5.23. The van der Waals surface area contributed by atoms with Crippen LogP contribution in [0.25, 0.3) is 0 Å². The molecule has 0 bridgehead atoms. The second kappa shape index (κ2) is 6.49. The largest absolute Gasteiger partial charge is 0.396 e. The molecule has 20 heavy (non-hydrogen) atoms. The summed E-state index contributed by atoms with van der Waals surface area (Å²) in [6.07, 6.45) is 3.34. The van der Waals surface area contributed by atoms with Crippen LogP contribution in [0.2, 0.25) is 0 Å². The molecule has 2 rings (SSSR count). The summed E-state index contributed by atoms with van der Waals surface area (Å²) >= 11 is 1.53. The molecule has 2 heterocycles. The van der Waals surface area contributed by atoms with Crippen molar-refractivity contribution < 1.29 is 13.5 Å². The van der Waals surface area contributed by atoms with Crippen LogP contribution in [0.4, 0.5) is 0 Å². The van der Waals surface area contributed by atoms with Gasteiger partial charge in [-0.05, 0) is 30.4 Å². The summed E-state index contributed by atoms with van der Waals surface area (Å²) < 4.78 is 28.3. The van der Waals surface area contributed by atoms with Gasteiger partial charge in [0.15, 0.2) is 0 Å². The number of aryl methyl sites for hydroxylation is 2. The number of aliphatic hydroxyl groups excluding tert-OH is 1. The van der Waals surface area contributed by atoms with Gasteiger partial charge in [0.25, 0.3) is 0 Å². The van der Waals surface area contributed by atoms with Crippen LogP contribution in [0.15, 0.2) is 28.7 Å². The first-order valence-electron chi connectivity index (χ1n) is 6.19. The van der Waals surface area contributed by atoms with Crippen LogP contribution in [-0.2, 0) is 23.1 Å². The molecular formula is C12H17N3O3S2. The van der Waals surface area contributed by atoms with Gasteiger partial charge in [-0.15, -0.1) is 11.3 Å². The lowest BCUT2D eigenvalue weighted by Crippen LogP contribution is -2.22. The number of rotatable bonds is 7. The molecule has 0 atom stereocenters. The Hall–Kier alpha value is -1.22. The number of hydrogen-bond acceptors (Lipinski definition) is 5. The Morgan fingerprint density at radius 2 is 2.30 bits per heavy atom. The average Bonchev–Trinajstić information content (AvgIpc) is 3.03. The molecule has 0 saturated carbocycles. The Bertz CT molecular complexity index is 661. The molecule has 6 nitrogen and oxygen atoms in total. The van der Waals surface area contributed by atoms with Gasteiger partial charge in [-0.25, -0.2) is 13.1 Å². The zero-order chi connectivity index (χ0) is 14.6. The smallest absolute Gasteiger partial charge is 0.244 e. The SMILES string of the molecule is Cc1ccsc1CNS(=O)(=O)c1cnn(CCCO)c1. The molecule has 2 aromatic heterocycles. The molecule has 110 valence electrons. The molecule has 0 saturated heterocycles. The second-order valence-electron chi connectivity index (χ2n) is 4.37. The van der Waals surface area contributed by atoms with E-state index in [2.05, 4.69) is 9.82 Å². The van der Waals surface area contributed by atoms with E-state index in [4.69, 9.17) is 5.11 Å². The van der Waals surface area contributed by atoms with Crippen molar-refractivity contribution in [2.45, 2.75) is 31.3 Å². The third-order valence-electron chi connectivity index (χ3n) is 2.86. The number of aliphatic hydroxyl groups is 1.